The highest BCUT2D eigenvalue weighted by atomic mass is 16.5. The molecule has 112 valence electrons. The Morgan fingerprint density at radius 3 is 2.53 bits per heavy atom. The number of ether oxygens (including phenoxy) is 1. The molecule has 0 aliphatic heterocycles. The van der Waals surface area contributed by atoms with E-state index in [2.05, 4.69) is 32.9 Å². The van der Waals surface area contributed by atoms with E-state index in [9.17, 15) is 4.79 Å². The molecule has 0 aliphatic carbocycles. The molecule has 0 aliphatic rings. The second-order valence-electron chi connectivity index (χ2n) is 5.90. The van der Waals surface area contributed by atoms with Crippen molar-refractivity contribution in [2.24, 2.45) is 11.8 Å². The first-order chi connectivity index (χ1) is 9.06. The molecule has 0 fully saturated rings. The van der Waals surface area contributed by atoms with Crippen LogP contribution in [-0.2, 0) is 9.53 Å². The average Bonchev–Trinajstić information content (AvgIpc) is 2.33. The first-order valence-corrected chi connectivity index (χ1v) is 7.86. The molecule has 0 radical (unpaired) electrons. The Bertz CT molecular complexity index is 244. The lowest BCUT2D eigenvalue weighted by Gasteiger charge is -2.09. The Labute approximate surface area is 119 Å². The van der Waals surface area contributed by atoms with Crippen LogP contribution < -0.4 is 0 Å². The molecule has 0 saturated carbocycles. The molecule has 0 aromatic heterocycles. The highest BCUT2D eigenvalue weighted by Crippen LogP contribution is 2.15. The third-order valence-electron chi connectivity index (χ3n) is 3.19. The minimum Gasteiger partial charge on any atom is -0.465 e. The van der Waals surface area contributed by atoms with Crippen molar-refractivity contribution in [3.8, 4) is 0 Å². The molecule has 2 nitrogen and oxygen atoms in total. The van der Waals surface area contributed by atoms with Crippen LogP contribution in [0.25, 0.3) is 0 Å². The fraction of sp³-hybridized carbons (Fsp3) is 0.824. The number of allylic oxidation sites excluding steroid dienone is 1. The zero-order chi connectivity index (χ0) is 14.5. The van der Waals surface area contributed by atoms with Crippen LogP contribution in [-0.4, -0.2) is 12.6 Å². The van der Waals surface area contributed by atoms with Gasteiger partial charge in [-0.2, -0.15) is 0 Å². The standard InChI is InChI=1S/C17H32O2/c1-5-10-17(18)19-14-8-6-7-12-16(4)13-9-11-15(2)3/h6-7,15-16H,5,8-14H2,1-4H3/t16-/m0/s1. The fourth-order valence-corrected chi connectivity index (χ4v) is 1.96. The number of carbonyl (C=O) groups is 1. The Morgan fingerprint density at radius 1 is 1.16 bits per heavy atom. The van der Waals surface area contributed by atoms with Crippen LogP contribution in [0.1, 0.15) is 72.6 Å². The van der Waals surface area contributed by atoms with Gasteiger partial charge in [0.15, 0.2) is 0 Å². The van der Waals surface area contributed by atoms with Crippen molar-refractivity contribution in [1.82, 2.24) is 0 Å². The van der Waals surface area contributed by atoms with Gasteiger partial charge in [-0.05, 0) is 31.1 Å². The number of carbonyl (C=O) groups excluding carboxylic acids is 1. The first-order valence-electron chi connectivity index (χ1n) is 7.86. The zero-order valence-electron chi connectivity index (χ0n) is 13.3. The van der Waals surface area contributed by atoms with Crippen LogP contribution in [0.3, 0.4) is 0 Å². The van der Waals surface area contributed by atoms with Gasteiger partial charge >= 0.3 is 5.97 Å². The Kier molecular flexibility index (Phi) is 11.7. The van der Waals surface area contributed by atoms with Crippen molar-refractivity contribution >= 4 is 5.97 Å². The molecule has 0 rings (SSSR count). The Morgan fingerprint density at radius 2 is 1.89 bits per heavy atom. The van der Waals surface area contributed by atoms with Gasteiger partial charge in [-0.15, -0.1) is 0 Å². The largest absolute Gasteiger partial charge is 0.465 e. The van der Waals surface area contributed by atoms with E-state index < -0.39 is 0 Å². The number of esters is 1. The molecule has 19 heavy (non-hydrogen) atoms. The minimum absolute atomic E-state index is 0.0713. The highest BCUT2D eigenvalue weighted by Gasteiger charge is 2.01. The normalized spacial score (nSPS) is 13.1. The molecule has 0 saturated heterocycles. The molecule has 1 atom stereocenters. The number of hydrogen-bond acceptors (Lipinski definition) is 2. The van der Waals surface area contributed by atoms with Crippen molar-refractivity contribution in [3.05, 3.63) is 12.2 Å². The average molecular weight is 268 g/mol. The molecule has 0 amide bonds. The highest BCUT2D eigenvalue weighted by molar-refractivity contribution is 5.69. The molecule has 0 spiro atoms. The summed E-state index contributed by atoms with van der Waals surface area (Å²) >= 11 is 0. The quantitative estimate of drug-likeness (QED) is 0.295. The summed E-state index contributed by atoms with van der Waals surface area (Å²) < 4.78 is 5.09. The first kappa shape index (κ1) is 18.2. The van der Waals surface area contributed by atoms with E-state index in [4.69, 9.17) is 4.74 Å². The monoisotopic (exact) mass is 268 g/mol. The predicted molar refractivity (Wildman–Crippen MR) is 82.1 cm³/mol. The zero-order valence-corrected chi connectivity index (χ0v) is 13.3. The second-order valence-corrected chi connectivity index (χ2v) is 5.90. The van der Waals surface area contributed by atoms with E-state index in [0.29, 0.717) is 13.0 Å². The third-order valence-corrected chi connectivity index (χ3v) is 3.19. The topological polar surface area (TPSA) is 26.3 Å². The van der Waals surface area contributed by atoms with Gasteiger partial charge in [-0.25, -0.2) is 0 Å². The van der Waals surface area contributed by atoms with Gasteiger partial charge in [-0.1, -0.05) is 59.1 Å². The molecular formula is C17H32O2. The molecular weight excluding hydrogens is 236 g/mol. The summed E-state index contributed by atoms with van der Waals surface area (Å²) in [5.74, 6) is 1.51. The summed E-state index contributed by atoms with van der Waals surface area (Å²) in [5.41, 5.74) is 0. The van der Waals surface area contributed by atoms with E-state index in [1.807, 2.05) is 6.92 Å². The molecule has 0 unspecified atom stereocenters. The summed E-state index contributed by atoms with van der Waals surface area (Å²) in [6, 6.07) is 0. The van der Waals surface area contributed by atoms with Gasteiger partial charge < -0.3 is 4.74 Å². The van der Waals surface area contributed by atoms with Crippen molar-refractivity contribution < 1.29 is 9.53 Å². The van der Waals surface area contributed by atoms with Gasteiger partial charge in [0.1, 0.15) is 0 Å². The van der Waals surface area contributed by atoms with Crippen LogP contribution in [0.5, 0.6) is 0 Å². The summed E-state index contributed by atoms with van der Waals surface area (Å²) in [5, 5.41) is 0. The molecule has 0 bridgehead atoms. The maximum atomic E-state index is 11.1. The molecule has 0 aromatic rings. The molecule has 0 heterocycles. The van der Waals surface area contributed by atoms with Crippen LogP contribution >= 0.6 is 0 Å². The van der Waals surface area contributed by atoms with Crippen molar-refractivity contribution in [1.29, 1.82) is 0 Å². The fourth-order valence-electron chi connectivity index (χ4n) is 1.96. The second kappa shape index (κ2) is 12.3. The minimum atomic E-state index is -0.0713. The summed E-state index contributed by atoms with van der Waals surface area (Å²) in [4.78, 5) is 11.1. The van der Waals surface area contributed by atoms with Crippen LogP contribution in [0.2, 0.25) is 0 Å². The van der Waals surface area contributed by atoms with Crippen LogP contribution in [0, 0.1) is 11.8 Å². The third kappa shape index (κ3) is 13.4. The lowest BCUT2D eigenvalue weighted by Crippen LogP contribution is -2.04. The molecule has 0 N–H and O–H groups in total. The van der Waals surface area contributed by atoms with E-state index in [0.717, 1.165) is 31.1 Å². The summed E-state index contributed by atoms with van der Waals surface area (Å²) in [6.45, 7) is 9.39. The van der Waals surface area contributed by atoms with Gasteiger partial charge in [0.2, 0.25) is 0 Å². The van der Waals surface area contributed by atoms with Gasteiger partial charge in [0.25, 0.3) is 0 Å². The smallest absolute Gasteiger partial charge is 0.305 e. The van der Waals surface area contributed by atoms with Gasteiger partial charge in [0.05, 0.1) is 6.61 Å². The lowest BCUT2D eigenvalue weighted by atomic mass is 9.97. The summed E-state index contributed by atoms with van der Waals surface area (Å²) in [6.07, 6.45) is 11.7. The Balaban J connectivity index is 3.44. The van der Waals surface area contributed by atoms with Crippen LogP contribution in [0.15, 0.2) is 12.2 Å². The SMILES string of the molecule is CCCC(=O)OCCC=CC[C@H](C)CCCC(C)C. The van der Waals surface area contributed by atoms with Crippen molar-refractivity contribution in [2.75, 3.05) is 6.61 Å². The molecule has 0 aromatic carbocycles. The lowest BCUT2D eigenvalue weighted by molar-refractivity contribution is -0.143. The maximum Gasteiger partial charge on any atom is 0.305 e. The van der Waals surface area contributed by atoms with E-state index in [1.165, 1.54) is 19.3 Å². The number of hydrogen-bond donors (Lipinski definition) is 0. The predicted octanol–water partition coefficient (Wildman–Crippen LogP) is 5.13. The van der Waals surface area contributed by atoms with Gasteiger partial charge in [0, 0.05) is 6.42 Å². The maximum absolute atomic E-state index is 11.1. The van der Waals surface area contributed by atoms with Crippen LogP contribution in [0.4, 0.5) is 0 Å². The van der Waals surface area contributed by atoms with E-state index >= 15 is 0 Å². The molecule has 2 heteroatoms. The number of rotatable bonds is 11. The summed E-state index contributed by atoms with van der Waals surface area (Å²) in [7, 11) is 0. The van der Waals surface area contributed by atoms with Gasteiger partial charge in [-0.3, -0.25) is 4.79 Å². The van der Waals surface area contributed by atoms with Crippen molar-refractivity contribution in [2.45, 2.75) is 72.6 Å². The van der Waals surface area contributed by atoms with E-state index in [1.54, 1.807) is 0 Å². The van der Waals surface area contributed by atoms with E-state index in [-0.39, 0.29) is 5.97 Å². The van der Waals surface area contributed by atoms with Crippen molar-refractivity contribution in [3.63, 3.8) is 0 Å². The Hall–Kier alpha value is -0.790.